The molecule has 0 radical (unpaired) electrons. The van der Waals surface area contributed by atoms with E-state index in [0.717, 1.165) is 23.6 Å². The SMILES string of the molecule is CCc1cc(-c2cc(C)nn2C)ccc1OC. The molecule has 0 saturated heterocycles. The highest BCUT2D eigenvalue weighted by atomic mass is 16.5. The van der Waals surface area contributed by atoms with E-state index in [-0.39, 0.29) is 0 Å². The zero-order valence-electron chi connectivity index (χ0n) is 10.8. The Hall–Kier alpha value is -1.77. The summed E-state index contributed by atoms with van der Waals surface area (Å²) in [7, 11) is 3.68. The lowest BCUT2D eigenvalue weighted by Gasteiger charge is -2.09. The molecule has 1 aromatic carbocycles. The highest BCUT2D eigenvalue weighted by Crippen LogP contribution is 2.27. The van der Waals surface area contributed by atoms with Crippen LogP contribution < -0.4 is 4.74 Å². The molecule has 3 nitrogen and oxygen atoms in total. The van der Waals surface area contributed by atoms with Crippen LogP contribution in [0.15, 0.2) is 24.3 Å². The van der Waals surface area contributed by atoms with E-state index in [1.54, 1.807) is 7.11 Å². The van der Waals surface area contributed by atoms with Gasteiger partial charge in [0.15, 0.2) is 0 Å². The molecular weight excluding hydrogens is 212 g/mol. The van der Waals surface area contributed by atoms with Gasteiger partial charge < -0.3 is 4.74 Å². The summed E-state index contributed by atoms with van der Waals surface area (Å²) >= 11 is 0. The Morgan fingerprint density at radius 1 is 1.29 bits per heavy atom. The number of aryl methyl sites for hydroxylation is 3. The number of aromatic nitrogens is 2. The minimum Gasteiger partial charge on any atom is -0.496 e. The molecule has 0 aliphatic rings. The van der Waals surface area contributed by atoms with Gasteiger partial charge in [-0.05, 0) is 43.2 Å². The molecule has 0 fully saturated rings. The van der Waals surface area contributed by atoms with Gasteiger partial charge in [0.25, 0.3) is 0 Å². The van der Waals surface area contributed by atoms with Crippen molar-refractivity contribution < 1.29 is 4.74 Å². The molecule has 0 unspecified atom stereocenters. The lowest BCUT2D eigenvalue weighted by Crippen LogP contribution is -1.96. The van der Waals surface area contributed by atoms with Crippen LogP contribution in [0.3, 0.4) is 0 Å². The number of hydrogen-bond acceptors (Lipinski definition) is 2. The second-order valence-electron chi connectivity index (χ2n) is 4.17. The topological polar surface area (TPSA) is 27.1 Å². The van der Waals surface area contributed by atoms with E-state index in [2.05, 4.69) is 30.2 Å². The number of hydrogen-bond donors (Lipinski definition) is 0. The van der Waals surface area contributed by atoms with Crippen molar-refractivity contribution in [2.24, 2.45) is 7.05 Å². The normalized spacial score (nSPS) is 10.6. The molecule has 0 atom stereocenters. The van der Waals surface area contributed by atoms with Gasteiger partial charge in [-0.3, -0.25) is 4.68 Å². The average Bonchev–Trinajstić information content (AvgIpc) is 2.67. The summed E-state index contributed by atoms with van der Waals surface area (Å²) in [6.45, 7) is 4.14. The molecule has 2 rings (SSSR count). The Labute approximate surface area is 102 Å². The molecule has 0 N–H and O–H groups in total. The fourth-order valence-electron chi connectivity index (χ4n) is 2.09. The minimum atomic E-state index is 0.954. The molecule has 0 amide bonds. The van der Waals surface area contributed by atoms with Crippen LogP contribution in [-0.2, 0) is 13.5 Å². The number of rotatable bonds is 3. The van der Waals surface area contributed by atoms with Gasteiger partial charge in [-0.2, -0.15) is 5.10 Å². The predicted molar refractivity (Wildman–Crippen MR) is 69.3 cm³/mol. The first-order valence-corrected chi connectivity index (χ1v) is 5.83. The van der Waals surface area contributed by atoms with Gasteiger partial charge >= 0.3 is 0 Å². The van der Waals surface area contributed by atoms with E-state index in [4.69, 9.17) is 4.74 Å². The largest absolute Gasteiger partial charge is 0.496 e. The number of methoxy groups -OCH3 is 1. The van der Waals surface area contributed by atoms with Crippen molar-refractivity contribution >= 4 is 0 Å². The summed E-state index contributed by atoms with van der Waals surface area (Å²) in [5.41, 5.74) is 4.59. The summed E-state index contributed by atoms with van der Waals surface area (Å²) in [5, 5.41) is 4.37. The number of nitrogens with zero attached hydrogens (tertiary/aromatic N) is 2. The third-order valence-electron chi connectivity index (χ3n) is 2.96. The van der Waals surface area contributed by atoms with Crippen LogP contribution in [0.4, 0.5) is 0 Å². The third-order valence-corrected chi connectivity index (χ3v) is 2.96. The van der Waals surface area contributed by atoms with Crippen LogP contribution >= 0.6 is 0 Å². The third kappa shape index (κ3) is 2.18. The van der Waals surface area contributed by atoms with Crippen LogP contribution in [0.5, 0.6) is 5.75 Å². The van der Waals surface area contributed by atoms with E-state index in [1.165, 1.54) is 11.1 Å². The maximum Gasteiger partial charge on any atom is 0.122 e. The van der Waals surface area contributed by atoms with Crippen molar-refractivity contribution in [1.82, 2.24) is 9.78 Å². The van der Waals surface area contributed by atoms with Crippen LogP contribution in [-0.4, -0.2) is 16.9 Å². The molecule has 0 bridgehead atoms. The maximum absolute atomic E-state index is 5.34. The van der Waals surface area contributed by atoms with Crippen LogP contribution in [0.2, 0.25) is 0 Å². The standard InChI is InChI=1S/C14H18N2O/c1-5-11-9-12(6-7-14(11)17-4)13-8-10(2)15-16(13)3/h6-9H,5H2,1-4H3. The van der Waals surface area contributed by atoms with E-state index in [9.17, 15) is 0 Å². The van der Waals surface area contributed by atoms with Gasteiger partial charge in [-0.1, -0.05) is 6.92 Å². The summed E-state index contributed by atoms with van der Waals surface area (Å²) in [4.78, 5) is 0. The highest BCUT2D eigenvalue weighted by Gasteiger charge is 2.08. The number of benzene rings is 1. The predicted octanol–water partition coefficient (Wildman–Crippen LogP) is 2.97. The molecule has 2 aromatic rings. The fraction of sp³-hybridized carbons (Fsp3) is 0.357. The Kier molecular flexibility index (Phi) is 3.18. The van der Waals surface area contributed by atoms with Crippen molar-refractivity contribution in [2.75, 3.05) is 7.11 Å². The average molecular weight is 230 g/mol. The smallest absolute Gasteiger partial charge is 0.122 e. The summed E-state index contributed by atoms with van der Waals surface area (Å²) in [6, 6.07) is 8.38. The van der Waals surface area contributed by atoms with Gasteiger partial charge in [-0.25, -0.2) is 0 Å². The molecule has 0 aliphatic heterocycles. The second kappa shape index (κ2) is 4.62. The lowest BCUT2D eigenvalue weighted by atomic mass is 10.0. The fourth-order valence-corrected chi connectivity index (χ4v) is 2.09. The first-order valence-electron chi connectivity index (χ1n) is 5.83. The second-order valence-corrected chi connectivity index (χ2v) is 4.17. The molecule has 1 heterocycles. The van der Waals surface area contributed by atoms with Crippen molar-refractivity contribution in [1.29, 1.82) is 0 Å². The molecule has 1 aromatic heterocycles. The van der Waals surface area contributed by atoms with Crippen molar-refractivity contribution in [2.45, 2.75) is 20.3 Å². The quantitative estimate of drug-likeness (QED) is 0.810. The van der Waals surface area contributed by atoms with Crippen LogP contribution in [0, 0.1) is 6.92 Å². The molecule has 17 heavy (non-hydrogen) atoms. The Morgan fingerprint density at radius 2 is 2.06 bits per heavy atom. The Bertz CT molecular complexity index is 529. The molecule has 3 heteroatoms. The van der Waals surface area contributed by atoms with Crippen molar-refractivity contribution in [3.8, 4) is 17.0 Å². The van der Waals surface area contributed by atoms with Gasteiger partial charge in [-0.15, -0.1) is 0 Å². The van der Waals surface area contributed by atoms with Crippen molar-refractivity contribution in [3.63, 3.8) is 0 Å². The molecule has 90 valence electrons. The maximum atomic E-state index is 5.34. The van der Waals surface area contributed by atoms with Gasteiger partial charge in [0.1, 0.15) is 5.75 Å². The van der Waals surface area contributed by atoms with E-state index >= 15 is 0 Å². The van der Waals surface area contributed by atoms with Gasteiger partial charge in [0.2, 0.25) is 0 Å². The summed E-state index contributed by atoms with van der Waals surface area (Å²) in [5.74, 6) is 0.954. The minimum absolute atomic E-state index is 0.954. The molecule has 0 spiro atoms. The summed E-state index contributed by atoms with van der Waals surface area (Å²) in [6.07, 6.45) is 0.966. The van der Waals surface area contributed by atoms with Crippen LogP contribution in [0.25, 0.3) is 11.3 Å². The van der Waals surface area contributed by atoms with E-state index < -0.39 is 0 Å². The monoisotopic (exact) mass is 230 g/mol. The van der Waals surface area contributed by atoms with E-state index in [0.29, 0.717) is 0 Å². The lowest BCUT2D eigenvalue weighted by molar-refractivity contribution is 0.410. The van der Waals surface area contributed by atoms with Crippen LogP contribution in [0.1, 0.15) is 18.2 Å². The first kappa shape index (κ1) is 11.7. The Morgan fingerprint density at radius 3 is 2.59 bits per heavy atom. The molecule has 0 aliphatic carbocycles. The Balaban J connectivity index is 2.50. The van der Waals surface area contributed by atoms with Gasteiger partial charge in [0.05, 0.1) is 18.5 Å². The zero-order valence-corrected chi connectivity index (χ0v) is 10.8. The van der Waals surface area contributed by atoms with E-state index in [1.807, 2.05) is 24.7 Å². The van der Waals surface area contributed by atoms with Crippen molar-refractivity contribution in [3.05, 3.63) is 35.5 Å². The zero-order chi connectivity index (χ0) is 12.4. The first-order chi connectivity index (χ1) is 8.15. The highest BCUT2D eigenvalue weighted by molar-refractivity contribution is 5.63. The molecular formula is C14H18N2O. The number of ether oxygens (including phenoxy) is 1. The summed E-state index contributed by atoms with van der Waals surface area (Å²) < 4.78 is 7.25. The molecule has 0 saturated carbocycles. The van der Waals surface area contributed by atoms with Gasteiger partial charge in [0, 0.05) is 12.6 Å².